The van der Waals surface area contributed by atoms with Crippen LogP contribution in [0.4, 0.5) is 0 Å². The third-order valence-electron chi connectivity index (χ3n) is 9.01. The predicted octanol–water partition coefficient (Wildman–Crippen LogP) is 10.3. The van der Waals surface area contributed by atoms with Gasteiger partial charge in [0.15, 0.2) is 0 Å². The molecule has 1 heterocycles. The second-order valence-electron chi connectivity index (χ2n) is 11.8. The number of aromatic nitrogens is 1. The summed E-state index contributed by atoms with van der Waals surface area (Å²) in [7, 11) is 0. The molecule has 0 fully saturated rings. The van der Waals surface area contributed by atoms with E-state index in [4.69, 9.17) is 0 Å². The molecule has 0 radical (unpaired) electrons. The molecule has 1 aliphatic carbocycles. The van der Waals surface area contributed by atoms with Gasteiger partial charge in [0, 0.05) is 21.9 Å². The van der Waals surface area contributed by atoms with E-state index in [-0.39, 0.29) is 5.41 Å². The van der Waals surface area contributed by atoms with E-state index in [0.717, 1.165) is 6.42 Å². The van der Waals surface area contributed by atoms with Crippen LogP contribution in [0.2, 0.25) is 0 Å². The van der Waals surface area contributed by atoms with Gasteiger partial charge in [-0.25, -0.2) is 0 Å². The van der Waals surface area contributed by atoms with Gasteiger partial charge >= 0.3 is 0 Å². The van der Waals surface area contributed by atoms with Crippen molar-refractivity contribution in [2.24, 2.45) is 0 Å². The molecular weight excluding hydrogens is 494 g/mol. The number of rotatable bonds is 4. The van der Waals surface area contributed by atoms with Gasteiger partial charge in [0.05, 0.1) is 11.0 Å². The maximum Gasteiger partial charge on any atom is 0.0541 e. The van der Waals surface area contributed by atoms with Gasteiger partial charge in [0.1, 0.15) is 0 Å². The minimum atomic E-state index is -0.0548. The van der Waals surface area contributed by atoms with Crippen LogP contribution in [0.25, 0.3) is 49.7 Å². The van der Waals surface area contributed by atoms with Gasteiger partial charge in [0.2, 0.25) is 0 Å². The molecule has 7 aromatic rings. The van der Waals surface area contributed by atoms with Gasteiger partial charge in [-0.05, 0) is 87.3 Å². The van der Waals surface area contributed by atoms with E-state index in [1.165, 1.54) is 72.0 Å². The van der Waals surface area contributed by atoms with Crippen LogP contribution in [-0.4, -0.2) is 4.57 Å². The van der Waals surface area contributed by atoms with Crippen molar-refractivity contribution < 1.29 is 0 Å². The van der Waals surface area contributed by atoms with Crippen LogP contribution in [0.5, 0.6) is 0 Å². The Balaban J connectivity index is 1.22. The fraction of sp³-hybridized carbons (Fsp3) is 0.100. The number of hydrogen-bond donors (Lipinski definition) is 0. The molecule has 1 aromatic heterocycles. The summed E-state index contributed by atoms with van der Waals surface area (Å²) in [4.78, 5) is 0. The highest BCUT2D eigenvalue weighted by Gasteiger charge is 2.35. The van der Waals surface area contributed by atoms with Crippen LogP contribution in [0.3, 0.4) is 0 Å². The van der Waals surface area contributed by atoms with Gasteiger partial charge < -0.3 is 4.57 Å². The molecule has 0 spiro atoms. The van der Waals surface area contributed by atoms with E-state index in [0.29, 0.717) is 0 Å². The minimum Gasteiger partial charge on any atom is -0.309 e. The quantitative estimate of drug-likeness (QED) is 0.215. The fourth-order valence-electron chi connectivity index (χ4n) is 6.91. The first-order valence-corrected chi connectivity index (χ1v) is 14.5. The maximum absolute atomic E-state index is 2.44. The number of fused-ring (bicyclic) bond motifs is 6. The predicted molar refractivity (Wildman–Crippen MR) is 173 cm³/mol. The summed E-state index contributed by atoms with van der Waals surface area (Å²) in [6.07, 6.45) is 0.961. The Kier molecular flexibility index (Phi) is 5.30. The molecular formula is C40H31N. The van der Waals surface area contributed by atoms with Gasteiger partial charge in [-0.1, -0.05) is 117 Å². The van der Waals surface area contributed by atoms with Crippen molar-refractivity contribution in [3.05, 3.63) is 162 Å². The van der Waals surface area contributed by atoms with Gasteiger partial charge in [-0.2, -0.15) is 0 Å². The normalized spacial score (nSPS) is 13.4. The van der Waals surface area contributed by atoms with Crippen molar-refractivity contribution in [2.75, 3.05) is 0 Å². The Morgan fingerprint density at radius 1 is 0.488 bits per heavy atom. The molecule has 6 aromatic carbocycles. The number of para-hydroxylation sites is 2. The zero-order chi connectivity index (χ0) is 27.6. The largest absolute Gasteiger partial charge is 0.309 e. The third kappa shape index (κ3) is 3.77. The molecule has 0 bridgehead atoms. The van der Waals surface area contributed by atoms with Gasteiger partial charge in [-0.15, -0.1) is 0 Å². The first kappa shape index (κ1) is 24.0. The lowest BCUT2D eigenvalue weighted by atomic mass is 9.81. The molecule has 1 aliphatic rings. The SMILES string of the molecule is CC1(C)c2cc(Cc3ccccc3)ccc2-c2ccc(-c3ccc4c(c3)c3ccccc3n4-c3ccccc3)cc21. The lowest BCUT2D eigenvalue weighted by Crippen LogP contribution is -2.15. The van der Waals surface area contributed by atoms with Crippen molar-refractivity contribution in [1.29, 1.82) is 0 Å². The average molecular weight is 526 g/mol. The van der Waals surface area contributed by atoms with Crippen molar-refractivity contribution >= 4 is 21.8 Å². The van der Waals surface area contributed by atoms with Crippen molar-refractivity contribution in [3.63, 3.8) is 0 Å². The third-order valence-corrected chi connectivity index (χ3v) is 9.01. The lowest BCUT2D eigenvalue weighted by molar-refractivity contribution is 0.659. The summed E-state index contributed by atoms with van der Waals surface area (Å²) in [5.41, 5.74) is 14.4. The zero-order valence-corrected chi connectivity index (χ0v) is 23.4. The van der Waals surface area contributed by atoms with Crippen LogP contribution in [0, 0.1) is 0 Å². The summed E-state index contributed by atoms with van der Waals surface area (Å²) < 4.78 is 2.38. The van der Waals surface area contributed by atoms with E-state index in [2.05, 4.69) is 158 Å². The van der Waals surface area contributed by atoms with E-state index in [1.54, 1.807) is 0 Å². The van der Waals surface area contributed by atoms with Crippen molar-refractivity contribution in [1.82, 2.24) is 4.57 Å². The molecule has 1 nitrogen and oxygen atoms in total. The van der Waals surface area contributed by atoms with Crippen LogP contribution >= 0.6 is 0 Å². The van der Waals surface area contributed by atoms with E-state index in [1.807, 2.05) is 0 Å². The Morgan fingerprint density at radius 2 is 1.10 bits per heavy atom. The van der Waals surface area contributed by atoms with Crippen LogP contribution in [0.1, 0.15) is 36.1 Å². The first-order chi connectivity index (χ1) is 20.1. The zero-order valence-electron chi connectivity index (χ0n) is 23.4. The van der Waals surface area contributed by atoms with Crippen molar-refractivity contribution in [3.8, 4) is 27.9 Å². The monoisotopic (exact) mass is 525 g/mol. The highest BCUT2D eigenvalue weighted by atomic mass is 15.0. The summed E-state index contributed by atoms with van der Waals surface area (Å²) in [5, 5.41) is 2.57. The summed E-state index contributed by atoms with van der Waals surface area (Å²) in [5.74, 6) is 0. The molecule has 41 heavy (non-hydrogen) atoms. The second kappa shape index (κ2) is 9.08. The molecule has 0 saturated carbocycles. The van der Waals surface area contributed by atoms with E-state index >= 15 is 0 Å². The second-order valence-corrected chi connectivity index (χ2v) is 11.8. The molecule has 1 heteroatoms. The molecule has 0 atom stereocenters. The summed E-state index contributed by atoms with van der Waals surface area (Å²) >= 11 is 0. The standard InChI is InChI=1S/C40H31N/c1-40(2)36-24-28(23-27-11-5-3-6-12-27)17-20-32(36)33-21-18-30(26-37(33)40)29-19-22-39-35(25-29)34-15-9-10-16-38(34)41(39)31-13-7-4-8-14-31/h3-22,24-26H,23H2,1-2H3. The molecule has 0 saturated heterocycles. The number of benzene rings is 6. The van der Waals surface area contributed by atoms with Crippen LogP contribution in [-0.2, 0) is 11.8 Å². The molecule has 0 unspecified atom stereocenters. The molecule has 0 aliphatic heterocycles. The number of nitrogens with zero attached hydrogens (tertiary/aromatic N) is 1. The highest BCUT2D eigenvalue weighted by Crippen LogP contribution is 2.50. The van der Waals surface area contributed by atoms with Crippen molar-refractivity contribution in [2.45, 2.75) is 25.7 Å². The Bertz CT molecular complexity index is 2080. The Morgan fingerprint density at radius 3 is 1.90 bits per heavy atom. The van der Waals surface area contributed by atoms with Gasteiger partial charge in [0.25, 0.3) is 0 Å². The summed E-state index contributed by atoms with van der Waals surface area (Å²) in [6, 6.07) is 51.3. The minimum absolute atomic E-state index is 0.0548. The summed E-state index contributed by atoms with van der Waals surface area (Å²) in [6.45, 7) is 4.76. The topological polar surface area (TPSA) is 4.93 Å². The van der Waals surface area contributed by atoms with E-state index in [9.17, 15) is 0 Å². The van der Waals surface area contributed by atoms with Crippen LogP contribution in [0.15, 0.2) is 140 Å². The maximum atomic E-state index is 2.44. The average Bonchev–Trinajstić information content (AvgIpc) is 3.46. The fourth-order valence-corrected chi connectivity index (χ4v) is 6.91. The van der Waals surface area contributed by atoms with Crippen LogP contribution < -0.4 is 0 Å². The number of hydrogen-bond acceptors (Lipinski definition) is 0. The smallest absolute Gasteiger partial charge is 0.0541 e. The molecule has 0 amide bonds. The Labute approximate surface area is 241 Å². The Hall–Kier alpha value is -4.88. The van der Waals surface area contributed by atoms with E-state index < -0.39 is 0 Å². The molecule has 8 rings (SSSR count). The molecule has 196 valence electrons. The lowest BCUT2D eigenvalue weighted by Gasteiger charge is -2.22. The first-order valence-electron chi connectivity index (χ1n) is 14.5. The molecule has 0 N–H and O–H groups in total. The highest BCUT2D eigenvalue weighted by molar-refractivity contribution is 6.10. The van der Waals surface area contributed by atoms with Gasteiger partial charge in [-0.3, -0.25) is 0 Å².